The minimum absolute atomic E-state index is 0.0594. The van der Waals surface area contributed by atoms with Crippen LogP contribution in [0.1, 0.15) is 27.7 Å². The fourth-order valence-electron chi connectivity index (χ4n) is 3.33. The summed E-state index contributed by atoms with van der Waals surface area (Å²) in [6.07, 6.45) is 2.85. The molecule has 10 heteroatoms. The van der Waals surface area contributed by atoms with E-state index in [9.17, 15) is 22.4 Å². The largest absolute Gasteiger partial charge is 0.485 e. The molecule has 0 aliphatic heterocycles. The Labute approximate surface area is 185 Å². The number of rotatable bonds is 7. The topological polar surface area (TPSA) is 81.6 Å². The van der Waals surface area contributed by atoms with E-state index in [1.54, 1.807) is 18.3 Å². The van der Waals surface area contributed by atoms with Gasteiger partial charge in [0.2, 0.25) is 0 Å². The van der Waals surface area contributed by atoms with E-state index in [-0.39, 0.29) is 35.8 Å². The standard InChI is InChI=1S/C23H18F4N4O2/c24-15-3-1-4-16(25)14(15)12-33-21-5-2-8-31-20(11-29-22(21)31)23(32)30-19(10-28)13-6-7-17(26)18(27)9-13/h1-9,11,19H,10,12,28H2,(H,30,32). The summed E-state index contributed by atoms with van der Waals surface area (Å²) in [5.74, 6) is -3.91. The number of aromatic nitrogens is 2. The lowest BCUT2D eigenvalue weighted by Crippen LogP contribution is -2.34. The molecule has 2 aromatic carbocycles. The number of pyridine rings is 1. The van der Waals surface area contributed by atoms with Crippen LogP contribution in [0.2, 0.25) is 0 Å². The molecule has 0 saturated heterocycles. The summed E-state index contributed by atoms with van der Waals surface area (Å²) < 4.78 is 61.5. The SMILES string of the molecule is NCC(NC(=O)c1cnc2c(OCc3c(F)cccc3F)cccn12)c1ccc(F)c(F)c1. The van der Waals surface area contributed by atoms with Crippen molar-refractivity contribution in [3.8, 4) is 5.75 Å². The summed E-state index contributed by atoms with van der Waals surface area (Å²) in [4.78, 5) is 17.0. The number of hydrogen-bond acceptors (Lipinski definition) is 4. The van der Waals surface area contributed by atoms with E-state index >= 15 is 0 Å². The van der Waals surface area contributed by atoms with Crippen molar-refractivity contribution in [2.24, 2.45) is 5.73 Å². The van der Waals surface area contributed by atoms with E-state index in [1.807, 2.05) is 0 Å². The molecule has 4 rings (SSSR count). The molecule has 3 N–H and O–H groups in total. The first-order chi connectivity index (χ1) is 15.9. The first kappa shape index (κ1) is 22.3. The molecule has 170 valence electrons. The van der Waals surface area contributed by atoms with Crippen molar-refractivity contribution >= 4 is 11.6 Å². The molecule has 0 spiro atoms. The number of halogens is 4. The molecule has 2 aromatic heterocycles. The zero-order chi connectivity index (χ0) is 23.5. The summed E-state index contributed by atoms with van der Waals surface area (Å²) in [5, 5.41) is 2.66. The molecule has 0 bridgehead atoms. The van der Waals surface area contributed by atoms with Crippen molar-refractivity contribution in [2.75, 3.05) is 6.54 Å². The van der Waals surface area contributed by atoms with Crippen LogP contribution in [0.25, 0.3) is 5.65 Å². The van der Waals surface area contributed by atoms with Gasteiger partial charge in [-0.1, -0.05) is 12.1 Å². The Morgan fingerprint density at radius 3 is 2.48 bits per heavy atom. The third-order valence-corrected chi connectivity index (χ3v) is 5.05. The van der Waals surface area contributed by atoms with E-state index < -0.39 is 35.2 Å². The first-order valence-electron chi connectivity index (χ1n) is 9.86. The Hall–Kier alpha value is -3.92. The average Bonchev–Trinajstić information content (AvgIpc) is 3.24. The summed E-state index contributed by atoms with van der Waals surface area (Å²) in [7, 11) is 0. The zero-order valence-corrected chi connectivity index (χ0v) is 17.1. The van der Waals surface area contributed by atoms with Crippen molar-refractivity contribution < 1.29 is 27.1 Å². The quantitative estimate of drug-likeness (QED) is 0.412. The van der Waals surface area contributed by atoms with Gasteiger partial charge >= 0.3 is 0 Å². The van der Waals surface area contributed by atoms with E-state index in [4.69, 9.17) is 10.5 Å². The molecule has 1 amide bonds. The first-order valence-corrected chi connectivity index (χ1v) is 9.86. The number of amides is 1. The van der Waals surface area contributed by atoms with E-state index in [0.717, 1.165) is 24.3 Å². The third-order valence-electron chi connectivity index (χ3n) is 5.05. The van der Waals surface area contributed by atoms with Gasteiger partial charge in [0, 0.05) is 12.7 Å². The van der Waals surface area contributed by atoms with E-state index in [2.05, 4.69) is 10.3 Å². The second kappa shape index (κ2) is 9.29. The van der Waals surface area contributed by atoms with Gasteiger partial charge in [-0.25, -0.2) is 22.5 Å². The highest BCUT2D eigenvalue weighted by Gasteiger charge is 2.20. The Kier molecular flexibility index (Phi) is 6.27. The molecule has 1 unspecified atom stereocenters. The molecule has 0 radical (unpaired) electrons. The van der Waals surface area contributed by atoms with Crippen molar-refractivity contribution in [2.45, 2.75) is 12.6 Å². The molecular formula is C23H18F4N4O2. The molecular weight excluding hydrogens is 440 g/mol. The second-order valence-electron chi connectivity index (χ2n) is 7.13. The number of carbonyl (C=O) groups is 1. The number of hydrogen-bond donors (Lipinski definition) is 2. The van der Waals surface area contributed by atoms with Gasteiger partial charge in [0.1, 0.15) is 23.9 Å². The Morgan fingerprint density at radius 2 is 1.79 bits per heavy atom. The maximum Gasteiger partial charge on any atom is 0.270 e. The van der Waals surface area contributed by atoms with Crippen LogP contribution < -0.4 is 15.8 Å². The number of carbonyl (C=O) groups excluding carboxylic acids is 1. The lowest BCUT2D eigenvalue weighted by molar-refractivity contribution is 0.0931. The van der Waals surface area contributed by atoms with Crippen molar-refractivity contribution in [3.63, 3.8) is 0 Å². The summed E-state index contributed by atoms with van der Waals surface area (Å²) in [5.41, 5.74) is 6.15. The third kappa shape index (κ3) is 4.51. The number of ether oxygens (including phenoxy) is 1. The van der Waals surface area contributed by atoms with E-state index in [0.29, 0.717) is 5.56 Å². The van der Waals surface area contributed by atoms with Crippen LogP contribution >= 0.6 is 0 Å². The number of fused-ring (bicyclic) bond motifs is 1. The van der Waals surface area contributed by atoms with Gasteiger partial charge in [0.15, 0.2) is 23.0 Å². The predicted octanol–water partition coefficient (Wildman–Crippen LogP) is 3.90. The highest BCUT2D eigenvalue weighted by molar-refractivity contribution is 5.93. The number of nitrogens with two attached hydrogens (primary N) is 1. The Morgan fingerprint density at radius 1 is 1.03 bits per heavy atom. The lowest BCUT2D eigenvalue weighted by Gasteiger charge is -2.17. The van der Waals surface area contributed by atoms with Crippen LogP contribution in [0.15, 0.2) is 60.9 Å². The van der Waals surface area contributed by atoms with Crippen LogP contribution in [0.3, 0.4) is 0 Å². The van der Waals surface area contributed by atoms with Gasteiger partial charge in [-0.15, -0.1) is 0 Å². The Bertz CT molecular complexity index is 1310. The fourth-order valence-corrected chi connectivity index (χ4v) is 3.33. The maximum atomic E-state index is 13.9. The summed E-state index contributed by atoms with van der Waals surface area (Å²) in [6.45, 7) is -0.436. The molecule has 0 saturated carbocycles. The number of nitrogens with zero attached hydrogens (tertiary/aromatic N) is 2. The van der Waals surface area contributed by atoms with E-state index in [1.165, 1.54) is 22.7 Å². The number of imidazole rings is 1. The molecule has 0 aliphatic carbocycles. The van der Waals surface area contributed by atoms with Crippen molar-refractivity contribution in [1.29, 1.82) is 0 Å². The minimum Gasteiger partial charge on any atom is -0.485 e. The minimum atomic E-state index is -1.05. The zero-order valence-electron chi connectivity index (χ0n) is 17.1. The molecule has 1 atom stereocenters. The highest BCUT2D eigenvalue weighted by Crippen LogP contribution is 2.23. The molecule has 2 heterocycles. The predicted molar refractivity (Wildman–Crippen MR) is 112 cm³/mol. The van der Waals surface area contributed by atoms with Crippen molar-refractivity contribution in [3.05, 3.63) is 101 Å². The molecule has 6 nitrogen and oxygen atoms in total. The smallest absolute Gasteiger partial charge is 0.270 e. The van der Waals surface area contributed by atoms with Crippen LogP contribution in [0.5, 0.6) is 5.75 Å². The van der Waals surface area contributed by atoms with Crippen LogP contribution in [-0.4, -0.2) is 21.8 Å². The highest BCUT2D eigenvalue weighted by atomic mass is 19.2. The van der Waals surface area contributed by atoms with Crippen LogP contribution in [0, 0.1) is 23.3 Å². The maximum absolute atomic E-state index is 13.9. The molecule has 33 heavy (non-hydrogen) atoms. The van der Waals surface area contributed by atoms with Gasteiger partial charge in [0.05, 0.1) is 17.8 Å². The molecule has 0 fully saturated rings. The van der Waals surface area contributed by atoms with Crippen LogP contribution in [-0.2, 0) is 6.61 Å². The number of nitrogens with one attached hydrogen (secondary N) is 1. The summed E-state index contributed by atoms with van der Waals surface area (Å²) in [6, 6.07) is 9.11. The van der Waals surface area contributed by atoms with Gasteiger partial charge in [0.25, 0.3) is 5.91 Å². The number of benzene rings is 2. The van der Waals surface area contributed by atoms with Gasteiger partial charge in [-0.05, 0) is 42.0 Å². The fraction of sp³-hybridized carbons (Fsp3) is 0.130. The molecule has 4 aromatic rings. The second-order valence-corrected chi connectivity index (χ2v) is 7.13. The normalized spacial score (nSPS) is 12.0. The lowest BCUT2D eigenvalue weighted by atomic mass is 10.1. The van der Waals surface area contributed by atoms with Crippen LogP contribution in [0.4, 0.5) is 17.6 Å². The van der Waals surface area contributed by atoms with Gasteiger partial charge in [-0.3, -0.25) is 9.20 Å². The molecule has 0 aliphatic rings. The average molecular weight is 458 g/mol. The van der Waals surface area contributed by atoms with Crippen molar-refractivity contribution in [1.82, 2.24) is 14.7 Å². The Balaban J connectivity index is 1.56. The summed E-state index contributed by atoms with van der Waals surface area (Å²) >= 11 is 0. The van der Waals surface area contributed by atoms with Gasteiger partial charge < -0.3 is 15.8 Å². The monoisotopic (exact) mass is 458 g/mol. The van der Waals surface area contributed by atoms with Gasteiger partial charge in [-0.2, -0.15) is 0 Å².